The summed E-state index contributed by atoms with van der Waals surface area (Å²) < 4.78 is 6.94. The zero-order chi connectivity index (χ0) is 17.1. The largest absolute Gasteiger partial charge is 0.496 e. The first-order chi connectivity index (χ1) is 11.7. The van der Waals surface area contributed by atoms with Crippen LogP contribution in [0.3, 0.4) is 0 Å². The van der Waals surface area contributed by atoms with Gasteiger partial charge in [-0.25, -0.2) is 0 Å². The van der Waals surface area contributed by atoms with E-state index < -0.39 is 0 Å². The summed E-state index contributed by atoms with van der Waals surface area (Å²) in [6.45, 7) is 2.82. The van der Waals surface area contributed by atoms with Gasteiger partial charge in [0.2, 0.25) is 0 Å². The number of aromatic nitrogens is 1. The average Bonchev–Trinajstić information content (AvgIpc) is 2.93. The van der Waals surface area contributed by atoms with Crippen molar-refractivity contribution in [3.8, 4) is 17.0 Å². The number of unbranched alkanes of at least 4 members (excludes halogenated alkanes) is 1. The van der Waals surface area contributed by atoms with Crippen LogP contribution in [-0.4, -0.2) is 18.6 Å². The molecule has 0 fully saturated rings. The minimum Gasteiger partial charge on any atom is -0.496 e. The number of nitrogens with one attached hydrogen (secondary N) is 1. The van der Waals surface area contributed by atoms with Crippen LogP contribution in [-0.2, 0) is 6.42 Å². The van der Waals surface area contributed by atoms with Gasteiger partial charge < -0.3 is 15.5 Å². The van der Waals surface area contributed by atoms with Gasteiger partial charge in [-0.15, -0.1) is 0 Å². The molecule has 0 saturated carbocycles. The molecule has 4 heteroatoms. The molecule has 0 aliphatic rings. The summed E-state index contributed by atoms with van der Waals surface area (Å²) >= 11 is 2.37. The summed E-state index contributed by atoms with van der Waals surface area (Å²) in [6.07, 6.45) is 3.15. The number of para-hydroxylation sites is 1. The number of hydrogen-bond donors (Lipinski definition) is 2. The third-order valence-corrected chi connectivity index (χ3v) is 5.11. The Hall–Kier alpha value is -1.53. The van der Waals surface area contributed by atoms with Gasteiger partial charge in [0.1, 0.15) is 5.75 Å². The van der Waals surface area contributed by atoms with Crippen LogP contribution in [0.4, 0.5) is 0 Å². The lowest BCUT2D eigenvalue weighted by atomic mass is 9.98. The van der Waals surface area contributed by atoms with Crippen LogP contribution in [0.5, 0.6) is 5.75 Å². The number of benzene rings is 2. The minimum atomic E-state index is 0.739. The highest BCUT2D eigenvalue weighted by Gasteiger charge is 2.17. The van der Waals surface area contributed by atoms with E-state index in [0.29, 0.717) is 0 Å². The highest BCUT2D eigenvalue weighted by Crippen LogP contribution is 2.38. The highest BCUT2D eigenvalue weighted by atomic mass is 127. The van der Waals surface area contributed by atoms with E-state index in [9.17, 15) is 0 Å². The number of nitrogens with two attached hydrogens (primary N) is 1. The molecule has 1 heterocycles. The number of halogens is 1. The van der Waals surface area contributed by atoms with E-state index in [4.69, 9.17) is 10.5 Å². The van der Waals surface area contributed by atoms with Crippen LogP contribution in [0.25, 0.3) is 22.2 Å². The fourth-order valence-corrected chi connectivity index (χ4v) is 3.77. The van der Waals surface area contributed by atoms with Crippen molar-refractivity contribution in [3.05, 3.63) is 51.1 Å². The predicted molar refractivity (Wildman–Crippen MR) is 110 cm³/mol. The van der Waals surface area contributed by atoms with Crippen LogP contribution < -0.4 is 10.5 Å². The van der Waals surface area contributed by atoms with Gasteiger partial charge in [0.05, 0.1) is 12.8 Å². The fourth-order valence-electron chi connectivity index (χ4n) is 3.28. The van der Waals surface area contributed by atoms with Crippen molar-refractivity contribution < 1.29 is 4.74 Å². The number of aryl methyl sites for hydroxylation is 2. The van der Waals surface area contributed by atoms with E-state index in [1.807, 2.05) is 0 Å². The van der Waals surface area contributed by atoms with Crippen LogP contribution in [0, 0.1) is 10.5 Å². The van der Waals surface area contributed by atoms with Crippen molar-refractivity contribution >= 4 is 33.5 Å². The van der Waals surface area contributed by atoms with Crippen molar-refractivity contribution in [1.82, 2.24) is 4.98 Å². The molecule has 0 aliphatic heterocycles. The van der Waals surface area contributed by atoms with Crippen molar-refractivity contribution in [1.29, 1.82) is 0 Å². The number of rotatable bonds is 6. The molecule has 0 bridgehead atoms. The second-order valence-electron chi connectivity index (χ2n) is 6.07. The van der Waals surface area contributed by atoms with Crippen molar-refractivity contribution in [2.75, 3.05) is 13.7 Å². The van der Waals surface area contributed by atoms with Gasteiger partial charge in [-0.05, 0) is 90.7 Å². The van der Waals surface area contributed by atoms with Gasteiger partial charge in [0.25, 0.3) is 0 Å². The maximum Gasteiger partial charge on any atom is 0.131 e. The molecule has 0 unspecified atom stereocenters. The molecule has 126 valence electrons. The minimum absolute atomic E-state index is 0.739. The maximum atomic E-state index is 5.69. The Labute approximate surface area is 156 Å². The molecule has 3 nitrogen and oxygen atoms in total. The number of ether oxygens (including phenoxy) is 1. The monoisotopic (exact) mass is 434 g/mol. The first-order valence-electron chi connectivity index (χ1n) is 8.30. The first-order valence-corrected chi connectivity index (χ1v) is 9.37. The highest BCUT2D eigenvalue weighted by molar-refractivity contribution is 14.1. The molecule has 0 atom stereocenters. The van der Waals surface area contributed by atoms with Crippen molar-refractivity contribution in [3.63, 3.8) is 0 Å². The molecule has 0 spiro atoms. The van der Waals surface area contributed by atoms with Gasteiger partial charge in [-0.2, -0.15) is 0 Å². The van der Waals surface area contributed by atoms with Crippen molar-refractivity contribution in [2.45, 2.75) is 26.2 Å². The lowest BCUT2D eigenvalue weighted by molar-refractivity contribution is 0.413. The fraction of sp³-hybridized carbons (Fsp3) is 0.300. The smallest absolute Gasteiger partial charge is 0.131 e. The molecule has 3 N–H and O–H groups in total. The number of H-pyrrole nitrogens is 1. The summed E-state index contributed by atoms with van der Waals surface area (Å²) in [6, 6.07) is 12.9. The number of fused-ring (bicyclic) bond motifs is 1. The molecule has 3 rings (SSSR count). The van der Waals surface area contributed by atoms with Crippen LogP contribution in [0.2, 0.25) is 0 Å². The molecule has 2 aromatic carbocycles. The molecular weight excluding hydrogens is 411 g/mol. The standard InChI is InChI=1S/C20H23IN2O/c1-13-6-5-8-16(20(13)24-2)19-15(7-3-4-11-22)17-12-14(21)9-10-18(17)23-19/h5-6,8-10,12,23H,3-4,7,11,22H2,1-2H3. The summed E-state index contributed by atoms with van der Waals surface area (Å²) in [5.74, 6) is 0.943. The summed E-state index contributed by atoms with van der Waals surface area (Å²) in [5, 5.41) is 1.30. The Bertz CT molecular complexity index is 854. The van der Waals surface area contributed by atoms with Gasteiger partial charge in [0.15, 0.2) is 0 Å². The zero-order valence-electron chi connectivity index (χ0n) is 14.2. The van der Waals surface area contributed by atoms with Crippen LogP contribution >= 0.6 is 22.6 Å². The van der Waals surface area contributed by atoms with Crippen molar-refractivity contribution in [2.24, 2.45) is 5.73 Å². The zero-order valence-corrected chi connectivity index (χ0v) is 16.3. The van der Waals surface area contributed by atoms with E-state index in [0.717, 1.165) is 42.7 Å². The molecule has 0 amide bonds. The van der Waals surface area contributed by atoms with E-state index >= 15 is 0 Å². The molecule has 1 aromatic heterocycles. The maximum absolute atomic E-state index is 5.69. The van der Waals surface area contributed by atoms with E-state index in [1.165, 1.54) is 25.7 Å². The molecule has 0 radical (unpaired) electrons. The Kier molecular flexibility index (Phi) is 5.46. The SMILES string of the molecule is COc1c(C)cccc1-c1[nH]c2ccc(I)cc2c1CCCCN. The summed E-state index contributed by atoms with van der Waals surface area (Å²) in [7, 11) is 1.74. The summed E-state index contributed by atoms with van der Waals surface area (Å²) in [4.78, 5) is 3.62. The Balaban J connectivity index is 2.19. The summed E-state index contributed by atoms with van der Waals surface area (Å²) in [5.41, 5.74) is 11.7. The molecule has 3 aromatic rings. The molecular formula is C20H23IN2O. The van der Waals surface area contributed by atoms with E-state index in [1.54, 1.807) is 7.11 Å². The second-order valence-corrected chi connectivity index (χ2v) is 7.32. The van der Waals surface area contributed by atoms with Crippen LogP contribution in [0.15, 0.2) is 36.4 Å². The number of hydrogen-bond acceptors (Lipinski definition) is 2. The number of aromatic amines is 1. The van der Waals surface area contributed by atoms with E-state index in [-0.39, 0.29) is 0 Å². The average molecular weight is 434 g/mol. The third-order valence-electron chi connectivity index (χ3n) is 4.43. The lowest BCUT2D eigenvalue weighted by Gasteiger charge is -2.12. The van der Waals surface area contributed by atoms with Gasteiger partial charge in [-0.1, -0.05) is 12.1 Å². The topological polar surface area (TPSA) is 51.0 Å². The molecule has 24 heavy (non-hydrogen) atoms. The Morgan fingerprint density at radius 3 is 2.75 bits per heavy atom. The quantitative estimate of drug-likeness (QED) is 0.422. The van der Waals surface area contributed by atoms with Crippen LogP contribution in [0.1, 0.15) is 24.0 Å². The van der Waals surface area contributed by atoms with Gasteiger partial charge in [0, 0.05) is 20.0 Å². The molecule has 0 saturated heterocycles. The molecule has 0 aliphatic carbocycles. The van der Waals surface area contributed by atoms with Gasteiger partial charge in [-0.3, -0.25) is 0 Å². The Morgan fingerprint density at radius 2 is 2.00 bits per heavy atom. The van der Waals surface area contributed by atoms with E-state index in [2.05, 4.69) is 70.9 Å². The predicted octanol–water partition coefficient (Wildman–Crippen LogP) is 5.04. The van der Waals surface area contributed by atoms with Gasteiger partial charge >= 0.3 is 0 Å². The normalized spacial score (nSPS) is 11.2. The lowest BCUT2D eigenvalue weighted by Crippen LogP contribution is -1.99. The Morgan fingerprint density at radius 1 is 1.17 bits per heavy atom. The second kappa shape index (κ2) is 7.57. The third kappa shape index (κ3) is 3.30. The number of methoxy groups -OCH3 is 1. The first kappa shape index (κ1) is 17.3.